The number of fused-ring (bicyclic) bond motifs is 1. The normalized spacial score (nSPS) is 11.1. The van der Waals surface area contributed by atoms with Crippen LogP contribution in [0.15, 0.2) is 97.5 Å². The summed E-state index contributed by atoms with van der Waals surface area (Å²) in [6.45, 7) is 0.0163. The van der Waals surface area contributed by atoms with Crippen LogP contribution in [0, 0.1) is 0 Å². The molecule has 0 unspecified atom stereocenters. The van der Waals surface area contributed by atoms with E-state index in [1.54, 1.807) is 30.3 Å². The first-order valence-corrected chi connectivity index (χ1v) is 10.5. The molecule has 0 saturated heterocycles. The van der Waals surface area contributed by atoms with Crippen molar-refractivity contribution < 1.29 is 13.6 Å². The van der Waals surface area contributed by atoms with Gasteiger partial charge in [0.05, 0.1) is 19.4 Å². The van der Waals surface area contributed by atoms with Gasteiger partial charge in [-0.3, -0.25) is 24.0 Å². The zero-order valence-corrected chi connectivity index (χ0v) is 17.9. The third-order valence-electron chi connectivity index (χ3n) is 5.44. The second-order valence-corrected chi connectivity index (χ2v) is 7.68. The quantitative estimate of drug-likeness (QED) is 0.403. The lowest BCUT2D eigenvalue weighted by Gasteiger charge is -2.23. The number of hydrogen-bond donors (Lipinski definition) is 2. The molecule has 0 atom stereocenters. The third kappa shape index (κ3) is 3.90. The number of rotatable bonds is 6. The lowest BCUT2D eigenvalue weighted by atomic mass is 10.2. The van der Waals surface area contributed by atoms with Gasteiger partial charge in [0, 0.05) is 5.39 Å². The van der Waals surface area contributed by atoms with Crippen molar-refractivity contribution in [3.63, 3.8) is 0 Å². The molecule has 0 aliphatic carbocycles. The van der Waals surface area contributed by atoms with Crippen molar-refractivity contribution in [2.75, 3.05) is 10.6 Å². The average molecular weight is 456 g/mol. The molecular formula is C25H20N4O5. The van der Waals surface area contributed by atoms with Crippen molar-refractivity contribution in [2.45, 2.75) is 13.1 Å². The number of aromatic amines is 1. The number of nitrogens with zero attached hydrogens (tertiary/aromatic N) is 2. The smallest absolute Gasteiger partial charge is 0.330 e. The zero-order chi connectivity index (χ0) is 23.7. The van der Waals surface area contributed by atoms with Gasteiger partial charge in [0.1, 0.15) is 17.2 Å². The van der Waals surface area contributed by atoms with Crippen LogP contribution in [0.1, 0.15) is 21.9 Å². The second-order valence-electron chi connectivity index (χ2n) is 7.68. The van der Waals surface area contributed by atoms with Crippen LogP contribution in [0.3, 0.4) is 0 Å². The Morgan fingerprint density at radius 1 is 1.00 bits per heavy atom. The molecule has 3 aromatic heterocycles. The summed E-state index contributed by atoms with van der Waals surface area (Å²) in [5.74, 6) is -0.306. The van der Waals surface area contributed by atoms with Gasteiger partial charge in [-0.05, 0) is 29.8 Å². The van der Waals surface area contributed by atoms with E-state index in [9.17, 15) is 14.4 Å². The molecule has 3 N–H and O–H groups in total. The van der Waals surface area contributed by atoms with Crippen molar-refractivity contribution in [3.8, 4) is 0 Å². The first kappa shape index (κ1) is 21.1. The van der Waals surface area contributed by atoms with E-state index in [4.69, 9.17) is 14.6 Å². The maximum Gasteiger partial charge on any atom is 0.330 e. The highest BCUT2D eigenvalue weighted by Gasteiger charge is 2.28. The van der Waals surface area contributed by atoms with Crippen LogP contribution in [0.2, 0.25) is 0 Å². The van der Waals surface area contributed by atoms with Crippen molar-refractivity contribution in [1.82, 2.24) is 9.55 Å². The Kier molecular flexibility index (Phi) is 5.35. The second kappa shape index (κ2) is 8.62. The molecule has 0 bridgehead atoms. The number of anilines is 2. The SMILES string of the molecule is Nc1c(N(Cc2ccco2)C(=O)c2cc3ccccc3o2)c(=O)[nH]c(=O)n1Cc1ccccc1. The highest BCUT2D eigenvalue weighted by Crippen LogP contribution is 2.26. The number of benzene rings is 2. The fourth-order valence-electron chi connectivity index (χ4n) is 3.79. The molecule has 0 aliphatic rings. The van der Waals surface area contributed by atoms with Crippen molar-refractivity contribution >= 4 is 28.4 Å². The number of aromatic nitrogens is 2. The Hall–Kier alpha value is -4.79. The topological polar surface area (TPSA) is 127 Å². The molecule has 3 heterocycles. The molecule has 2 aromatic carbocycles. The number of furan rings is 2. The highest BCUT2D eigenvalue weighted by atomic mass is 16.3. The molecular weight excluding hydrogens is 436 g/mol. The average Bonchev–Trinajstić information content (AvgIpc) is 3.51. The van der Waals surface area contributed by atoms with Crippen molar-refractivity contribution in [1.29, 1.82) is 0 Å². The minimum atomic E-state index is -0.789. The molecule has 0 radical (unpaired) electrons. The number of amides is 1. The lowest BCUT2D eigenvalue weighted by Crippen LogP contribution is -2.41. The van der Waals surface area contributed by atoms with E-state index in [1.807, 2.05) is 42.5 Å². The number of carbonyl (C=O) groups excluding carboxylic acids is 1. The summed E-state index contributed by atoms with van der Waals surface area (Å²) in [7, 11) is 0. The molecule has 34 heavy (non-hydrogen) atoms. The molecule has 0 saturated carbocycles. The van der Waals surface area contributed by atoms with Crippen LogP contribution >= 0.6 is 0 Å². The summed E-state index contributed by atoms with van der Waals surface area (Å²) < 4.78 is 12.4. The first-order valence-electron chi connectivity index (χ1n) is 10.5. The molecule has 5 rings (SSSR count). The molecule has 170 valence electrons. The first-order chi connectivity index (χ1) is 16.5. The number of nitrogens with one attached hydrogen (secondary N) is 1. The van der Waals surface area contributed by atoms with Gasteiger partial charge in [0.25, 0.3) is 11.5 Å². The fraction of sp³-hybridized carbons (Fsp3) is 0.0800. The van der Waals surface area contributed by atoms with E-state index in [-0.39, 0.29) is 30.4 Å². The summed E-state index contributed by atoms with van der Waals surface area (Å²) in [6.07, 6.45) is 1.46. The molecule has 0 fully saturated rings. The van der Waals surface area contributed by atoms with Gasteiger partial charge >= 0.3 is 5.69 Å². The van der Waals surface area contributed by atoms with Gasteiger partial charge in [0.15, 0.2) is 11.4 Å². The van der Waals surface area contributed by atoms with Gasteiger partial charge in [-0.2, -0.15) is 0 Å². The predicted molar refractivity (Wildman–Crippen MR) is 127 cm³/mol. The molecule has 0 aliphatic heterocycles. The Labute approximate surface area is 192 Å². The van der Waals surface area contributed by atoms with E-state index >= 15 is 0 Å². The van der Waals surface area contributed by atoms with Gasteiger partial charge in [0.2, 0.25) is 0 Å². The van der Waals surface area contributed by atoms with Crippen molar-refractivity contribution in [3.05, 3.63) is 117 Å². The lowest BCUT2D eigenvalue weighted by molar-refractivity contribution is 0.0958. The van der Waals surface area contributed by atoms with Crippen LogP contribution in [0.5, 0.6) is 0 Å². The van der Waals surface area contributed by atoms with Crippen LogP contribution < -0.4 is 21.9 Å². The minimum absolute atomic E-state index is 0.0207. The minimum Gasteiger partial charge on any atom is -0.467 e. The van der Waals surface area contributed by atoms with Crippen LogP contribution in [-0.2, 0) is 13.1 Å². The fourth-order valence-corrected chi connectivity index (χ4v) is 3.79. The Bertz CT molecular complexity index is 1550. The monoisotopic (exact) mass is 456 g/mol. The predicted octanol–water partition coefficient (Wildman–Crippen LogP) is 3.35. The zero-order valence-electron chi connectivity index (χ0n) is 17.9. The number of hydrogen-bond acceptors (Lipinski definition) is 6. The molecule has 0 spiro atoms. The number of nitrogen functional groups attached to an aromatic ring is 1. The van der Waals surface area contributed by atoms with E-state index in [0.717, 1.165) is 15.8 Å². The van der Waals surface area contributed by atoms with Gasteiger partial charge in [-0.15, -0.1) is 0 Å². The van der Waals surface area contributed by atoms with Gasteiger partial charge < -0.3 is 14.6 Å². The number of carbonyl (C=O) groups is 1. The Balaban J connectivity index is 1.63. The largest absolute Gasteiger partial charge is 0.467 e. The highest BCUT2D eigenvalue weighted by molar-refractivity contribution is 6.07. The number of nitrogens with two attached hydrogens (primary N) is 1. The summed E-state index contributed by atoms with van der Waals surface area (Å²) in [5.41, 5.74) is 6.04. The van der Waals surface area contributed by atoms with Crippen molar-refractivity contribution in [2.24, 2.45) is 0 Å². The molecule has 9 nitrogen and oxygen atoms in total. The van der Waals surface area contributed by atoms with Crippen LogP contribution in [0.25, 0.3) is 11.0 Å². The molecule has 5 aromatic rings. The van der Waals surface area contributed by atoms with Crippen LogP contribution in [0.4, 0.5) is 11.5 Å². The molecule has 1 amide bonds. The molecule has 9 heteroatoms. The Morgan fingerprint density at radius 2 is 1.76 bits per heavy atom. The van der Waals surface area contributed by atoms with Gasteiger partial charge in [-0.25, -0.2) is 4.79 Å². The van der Waals surface area contributed by atoms with Gasteiger partial charge in [-0.1, -0.05) is 48.5 Å². The summed E-state index contributed by atoms with van der Waals surface area (Å²) in [5, 5.41) is 0.736. The Morgan fingerprint density at radius 3 is 2.50 bits per heavy atom. The van der Waals surface area contributed by atoms with E-state index in [1.165, 1.54) is 10.8 Å². The summed E-state index contributed by atoms with van der Waals surface area (Å²) in [4.78, 5) is 42.6. The van der Waals surface area contributed by atoms with E-state index in [0.29, 0.717) is 11.3 Å². The third-order valence-corrected chi connectivity index (χ3v) is 5.44. The van der Waals surface area contributed by atoms with E-state index < -0.39 is 17.2 Å². The maximum absolute atomic E-state index is 13.6. The van der Waals surface area contributed by atoms with Crippen LogP contribution in [-0.4, -0.2) is 15.5 Å². The summed E-state index contributed by atoms with van der Waals surface area (Å²) >= 11 is 0. The maximum atomic E-state index is 13.6. The summed E-state index contributed by atoms with van der Waals surface area (Å²) in [6, 6.07) is 21.3. The number of para-hydroxylation sites is 1. The van der Waals surface area contributed by atoms with E-state index in [2.05, 4.69) is 4.98 Å². The standard InChI is InChI=1S/C25H20N4O5/c26-22-21(23(30)27-25(32)29(22)14-16-7-2-1-3-8-16)28(15-18-10-6-12-33-18)24(31)20-13-17-9-4-5-11-19(17)34-20/h1-13H,14-15,26H2,(H,27,30,32). The number of H-pyrrole nitrogens is 1.